The minimum Gasteiger partial charge on any atom is -0.497 e. The molecule has 2 aromatic rings. The van der Waals surface area contributed by atoms with Crippen molar-refractivity contribution in [1.82, 2.24) is 20.7 Å². The molecule has 0 aromatic heterocycles. The molecule has 39 heavy (non-hydrogen) atoms. The minimum atomic E-state index is -0.470. The summed E-state index contributed by atoms with van der Waals surface area (Å²) in [6, 6.07) is 12.7. The van der Waals surface area contributed by atoms with Crippen LogP contribution in [0.3, 0.4) is 0 Å². The molecular weight excluding hydrogens is 501 g/mol. The molecular formula is C29H36FN5O4. The van der Waals surface area contributed by atoms with Gasteiger partial charge in [0.2, 0.25) is 5.91 Å². The van der Waals surface area contributed by atoms with E-state index in [9.17, 15) is 14.0 Å². The van der Waals surface area contributed by atoms with Crippen LogP contribution in [0.25, 0.3) is 0 Å². The first kappa shape index (κ1) is 26.0. The molecule has 0 aliphatic carbocycles. The van der Waals surface area contributed by atoms with Crippen LogP contribution in [-0.2, 0) is 16.1 Å². The van der Waals surface area contributed by atoms with Crippen molar-refractivity contribution < 1.29 is 23.5 Å². The van der Waals surface area contributed by atoms with E-state index in [1.165, 1.54) is 24.8 Å². The van der Waals surface area contributed by atoms with Gasteiger partial charge in [0.25, 0.3) is 0 Å². The highest BCUT2D eigenvalue weighted by Gasteiger charge is 2.53. The number of urea groups is 1. The zero-order valence-electron chi connectivity index (χ0n) is 22.5. The first-order valence-corrected chi connectivity index (χ1v) is 13.7. The van der Waals surface area contributed by atoms with Gasteiger partial charge >= 0.3 is 6.03 Å². The summed E-state index contributed by atoms with van der Waals surface area (Å²) in [6.45, 7) is 6.53. The summed E-state index contributed by atoms with van der Waals surface area (Å²) < 4.78 is 25.0. The maximum atomic E-state index is 14.4. The second-order valence-electron chi connectivity index (χ2n) is 11.6. The third-order valence-electron chi connectivity index (χ3n) is 8.83. The predicted octanol–water partition coefficient (Wildman–Crippen LogP) is 2.87. The van der Waals surface area contributed by atoms with E-state index in [-0.39, 0.29) is 18.5 Å². The number of nitrogens with zero attached hydrogens (tertiary/aromatic N) is 3. The van der Waals surface area contributed by atoms with Gasteiger partial charge in [-0.05, 0) is 55.2 Å². The number of hydrogen-bond acceptors (Lipinski definition) is 6. The van der Waals surface area contributed by atoms with Gasteiger partial charge in [-0.25, -0.2) is 9.18 Å². The van der Waals surface area contributed by atoms with Gasteiger partial charge in [-0.2, -0.15) is 0 Å². The minimum absolute atomic E-state index is 0.102. The highest BCUT2D eigenvalue weighted by Crippen LogP contribution is 2.41. The Hall–Kier alpha value is -3.21. The number of rotatable bonds is 6. The molecule has 4 aliphatic heterocycles. The van der Waals surface area contributed by atoms with Gasteiger partial charge < -0.3 is 19.3 Å². The average Bonchev–Trinajstić information content (AvgIpc) is 3.56. The molecule has 3 amide bonds. The zero-order chi connectivity index (χ0) is 27.2. The molecule has 0 radical (unpaired) electrons. The maximum absolute atomic E-state index is 14.4. The molecule has 0 saturated carbocycles. The fraction of sp³-hybridized carbons (Fsp3) is 0.517. The standard InChI is InChI=1S/C29H36FN5O4/c1-28(18-39-19-28)26(36)33-9-7-29(8-10-33)17-34(24-5-3-21(4-6-24)22-14-31-32-15-22)27(37)35(29)16-20-11-23(30)13-25(12-20)38-2/h3-6,11-13,22,31-32H,7-10,14-19H2,1-2H3. The number of hydrazine groups is 1. The third-order valence-corrected chi connectivity index (χ3v) is 8.83. The van der Waals surface area contributed by atoms with Crippen molar-refractivity contribution in [2.24, 2.45) is 5.41 Å². The van der Waals surface area contributed by atoms with Gasteiger partial charge in [0.05, 0.1) is 37.8 Å². The van der Waals surface area contributed by atoms with Crippen LogP contribution in [0.5, 0.6) is 5.75 Å². The number of halogens is 1. The van der Waals surface area contributed by atoms with Crippen LogP contribution in [0, 0.1) is 11.2 Å². The van der Waals surface area contributed by atoms with Crippen LogP contribution in [0.4, 0.5) is 14.9 Å². The highest BCUT2D eigenvalue weighted by molar-refractivity contribution is 5.95. The lowest BCUT2D eigenvalue weighted by molar-refractivity contribution is -0.170. The van der Waals surface area contributed by atoms with Crippen LogP contribution < -0.4 is 20.5 Å². The van der Waals surface area contributed by atoms with Gasteiger partial charge in [-0.3, -0.25) is 20.5 Å². The molecule has 9 nitrogen and oxygen atoms in total. The Bertz CT molecular complexity index is 1240. The summed E-state index contributed by atoms with van der Waals surface area (Å²) in [5, 5.41) is 0. The normalized spacial score (nSPS) is 22.4. The fourth-order valence-electron chi connectivity index (χ4n) is 6.34. The molecule has 2 aromatic carbocycles. The average molecular weight is 538 g/mol. The maximum Gasteiger partial charge on any atom is 0.325 e. The van der Waals surface area contributed by atoms with E-state index in [1.54, 1.807) is 6.07 Å². The Morgan fingerprint density at radius 2 is 1.79 bits per heavy atom. The number of piperidine rings is 1. The van der Waals surface area contributed by atoms with E-state index >= 15 is 0 Å². The molecule has 0 unspecified atom stereocenters. The number of anilines is 1. The number of carbonyl (C=O) groups is 2. The van der Waals surface area contributed by atoms with E-state index in [1.807, 2.05) is 33.8 Å². The van der Waals surface area contributed by atoms with E-state index in [0.717, 1.165) is 18.8 Å². The third kappa shape index (κ3) is 4.74. The Morgan fingerprint density at radius 1 is 1.10 bits per heavy atom. The summed E-state index contributed by atoms with van der Waals surface area (Å²) in [6.07, 6.45) is 1.31. The van der Waals surface area contributed by atoms with Crippen LogP contribution >= 0.6 is 0 Å². The zero-order valence-corrected chi connectivity index (χ0v) is 22.5. The number of nitrogens with one attached hydrogen (secondary N) is 2. The van der Waals surface area contributed by atoms with Crippen molar-refractivity contribution in [2.75, 3.05) is 57.9 Å². The summed E-state index contributed by atoms with van der Waals surface area (Å²) in [7, 11) is 1.50. The molecule has 2 N–H and O–H groups in total. The van der Waals surface area contributed by atoms with Crippen molar-refractivity contribution in [1.29, 1.82) is 0 Å². The quantitative estimate of drug-likeness (QED) is 0.590. The van der Waals surface area contributed by atoms with Crippen LogP contribution in [-0.4, -0.2) is 80.3 Å². The molecule has 0 bridgehead atoms. The summed E-state index contributed by atoms with van der Waals surface area (Å²) in [4.78, 5) is 32.8. The summed E-state index contributed by atoms with van der Waals surface area (Å²) in [5.41, 5.74) is 8.15. The number of hydrogen-bond donors (Lipinski definition) is 2. The highest BCUT2D eigenvalue weighted by atomic mass is 19.1. The van der Waals surface area contributed by atoms with Gasteiger partial charge in [0, 0.05) is 50.4 Å². The monoisotopic (exact) mass is 537 g/mol. The summed E-state index contributed by atoms with van der Waals surface area (Å²) in [5.74, 6) is 0.539. The Balaban J connectivity index is 1.26. The molecule has 10 heteroatoms. The number of benzene rings is 2. The molecule has 4 fully saturated rings. The van der Waals surface area contributed by atoms with Crippen molar-refractivity contribution in [3.05, 3.63) is 59.4 Å². The van der Waals surface area contributed by atoms with Gasteiger partial charge in [0.1, 0.15) is 11.6 Å². The second kappa shape index (κ2) is 10.1. The fourth-order valence-corrected chi connectivity index (χ4v) is 6.34. The first-order chi connectivity index (χ1) is 18.8. The second-order valence-corrected chi connectivity index (χ2v) is 11.6. The Kier molecular flexibility index (Phi) is 6.73. The van der Waals surface area contributed by atoms with Crippen molar-refractivity contribution in [3.8, 4) is 5.75 Å². The van der Waals surface area contributed by atoms with Crippen molar-refractivity contribution in [2.45, 2.75) is 37.8 Å². The Labute approximate surface area is 228 Å². The lowest BCUT2D eigenvalue weighted by Crippen LogP contribution is -2.59. The molecule has 4 saturated heterocycles. The van der Waals surface area contributed by atoms with Gasteiger partial charge in [-0.1, -0.05) is 12.1 Å². The van der Waals surface area contributed by atoms with E-state index in [4.69, 9.17) is 9.47 Å². The van der Waals surface area contributed by atoms with Crippen LogP contribution in [0.2, 0.25) is 0 Å². The van der Waals surface area contributed by atoms with Crippen molar-refractivity contribution in [3.63, 3.8) is 0 Å². The molecule has 6 rings (SSSR count). The van der Waals surface area contributed by atoms with Gasteiger partial charge in [0.15, 0.2) is 0 Å². The van der Waals surface area contributed by atoms with Crippen molar-refractivity contribution >= 4 is 17.6 Å². The first-order valence-electron chi connectivity index (χ1n) is 13.7. The summed E-state index contributed by atoms with van der Waals surface area (Å²) >= 11 is 0. The number of ether oxygens (including phenoxy) is 2. The molecule has 0 atom stereocenters. The molecule has 208 valence electrons. The molecule has 4 heterocycles. The number of methoxy groups -OCH3 is 1. The largest absolute Gasteiger partial charge is 0.497 e. The van der Waals surface area contributed by atoms with E-state index in [0.29, 0.717) is 62.9 Å². The Morgan fingerprint density at radius 3 is 2.41 bits per heavy atom. The van der Waals surface area contributed by atoms with Gasteiger partial charge in [-0.15, -0.1) is 0 Å². The van der Waals surface area contributed by atoms with E-state index in [2.05, 4.69) is 23.0 Å². The molecule has 4 aliphatic rings. The number of amides is 3. The number of likely N-dealkylation sites (tertiary alicyclic amines) is 1. The SMILES string of the molecule is COc1cc(F)cc(CN2C(=O)N(c3ccc(C4CNNC4)cc3)CC23CCN(C(=O)C2(C)COC2)CC3)c1. The number of carbonyl (C=O) groups excluding carboxylic acids is 2. The smallest absolute Gasteiger partial charge is 0.325 e. The predicted molar refractivity (Wildman–Crippen MR) is 144 cm³/mol. The van der Waals surface area contributed by atoms with E-state index < -0.39 is 16.8 Å². The lowest BCUT2D eigenvalue weighted by Gasteiger charge is -2.47. The molecule has 1 spiro atoms. The van der Waals surface area contributed by atoms with Crippen LogP contribution in [0.15, 0.2) is 42.5 Å². The van der Waals surface area contributed by atoms with Crippen LogP contribution in [0.1, 0.15) is 36.8 Å². The topological polar surface area (TPSA) is 86.4 Å². The lowest BCUT2D eigenvalue weighted by atomic mass is 9.82.